The Bertz CT molecular complexity index is 753. The summed E-state index contributed by atoms with van der Waals surface area (Å²) in [6.45, 7) is 7.52. The van der Waals surface area contributed by atoms with Crippen molar-refractivity contribution in [2.45, 2.75) is 60.9 Å². The first-order chi connectivity index (χ1) is 17.3. The standard InChI is InChI=1S/C26H40N2O4S4/c1-5-27(3)17-11-7-9-15-25(33-19-13-20-34-25)31-23(29)24(30)32-26(35-21-14-22-36-26)16-10-8-12-18-28(4)6-2/h5-6,9-10,13-22H2,1-4H3. The summed E-state index contributed by atoms with van der Waals surface area (Å²) in [7, 11) is 4.06. The van der Waals surface area contributed by atoms with Crippen LogP contribution in [-0.2, 0) is 19.1 Å². The number of nitrogens with zero attached hydrogens (tertiary/aromatic N) is 2. The summed E-state index contributed by atoms with van der Waals surface area (Å²) in [6, 6.07) is 0. The van der Waals surface area contributed by atoms with E-state index in [-0.39, 0.29) is 0 Å². The van der Waals surface area contributed by atoms with Crippen molar-refractivity contribution < 1.29 is 19.1 Å². The first kappa shape index (κ1) is 31.6. The number of rotatable bonds is 10. The number of carbonyl (C=O) groups is 2. The first-order valence-corrected chi connectivity index (χ1v) is 16.6. The van der Waals surface area contributed by atoms with Gasteiger partial charge in [-0.1, -0.05) is 25.7 Å². The maximum absolute atomic E-state index is 12.9. The molecule has 2 aliphatic rings. The minimum Gasteiger partial charge on any atom is -0.430 e. The molecule has 0 radical (unpaired) electrons. The average molecular weight is 573 g/mol. The highest BCUT2D eigenvalue weighted by Gasteiger charge is 2.43. The number of hydrogen-bond acceptors (Lipinski definition) is 10. The van der Waals surface area contributed by atoms with E-state index in [1.54, 1.807) is 47.0 Å². The summed E-state index contributed by atoms with van der Waals surface area (Å²) in [4.78, 5) is 30.1. The van der Waals surface area contributed by atoms with Gasteiger partial charge in [0.05, 0.1) is 13.1 Å². The number of hydrogen-bond donors (Lipinski definition) is 0. The van der Waals surface area contributed by atoms with Crippen molar-refractivity contribution in [3.63, 3.8) is 0 Å². The second-order valence-corrected chi connectivity index (χ2v) is 14.6. The van der Waals surface area contributed by atoms with E-state index < -0.39 is 20.5 Å². The van der Waals surface area contributed by atoms with Gasteiger partial charge in [0, 0.05) is 25.7 Å². The van der Waals surface area contributed by atoms with Gasteiger partial charge in [0.15, 0.2) is 0 Å². The van der Waals surface area contributed by atoms with Crippen molar-refractivity contribution in [2.24, 2.45) is 0 Å². The van der Waals surface area contributed by atoms with Crippen LogP contribution in [0, 0.1) is 23.7 Å². The molecule has 202 valence electrons. The molecule has 0 aromatic rings. The monoisotopic (exact) mass is 572 g/mol. The van der Waals surface area contributed by atoms with Gasteiger partial charge in [-0.25, -0.2) is 9.59 Å². The van der Waals surface area contributed by atoms with E-state index in [9.17, 15) is 9.59 Å². The Labute approximate surface area is 234 Å². The van der Waals surface area contributed by atoms with Crippen molar-refractivity contribution in [3.8, 4) is 23.7 Å². The lowest BCUT2D eigenvalue weighted by Crippen LogP contribution is -2.39. The van der Waals surface area contributed by atoms with E-state index >= 15 is 0 Å². The molecule has 0 atom stereocenters. The lowest BCUT2D eigenvalue weighted by molar-refractivity contribution is -0.171. The van der Waals surface area contributed by atoms with Crippen LogP contribution in [-0.4, -0.2) is 93.6 Å². The predicted molar refractivity (Wildman–Crippen MR) is 157 cm³/mol. The van der Waals surface area contributed by atoms with Crippen LogP contribution in [0.25, 0.3) is 0 Å². The molecule has 0 unspecified atom stereocenters. The van der Waals surface area contributed by atoms with Crippen LogP contribution >= 0.6 is 47.0 Å². The Morgan fingerprint density at radius 1 is 0.694 bits per heavy atom. The molecule has 2 aliphatic heterocycles. The molecule has 2 heterocycles. The number of ether oxygens (including phenoxy) is 2. The van der Waals surface area contributed by atoms with Gasteiger partial charge in [-0.2, -0.15) is 0 Å². The zero-order valence-electron chi connectivity index (χ0n) is 22.1. The number of carbonyl (C=O) groups excluding carboxylic acids is 2. The fourth-order valence-corrected chi connectivity index (χ4v) is 9.15. The highest BCUT2D eigenvalue weighted by atomic mass is 32.2. The van der Waals surface area contributed by atoms with Crippen LogP contribution in [0.3, 0.4) is 0 Å². The summed E-state index contributed by atoms with van der Waals surface area (Å²) in [5, 5.41) is 0. The molecular weight excluding hydrogens is 533 g/mol. The van der Waals surface area contributed by atoms with Crippen LogP contribution in [0.15, 0.2) is 0 Å². The summed E-state index contributed by atoms with van der Waals surface area (Å²) < 4.78 is 10.1. The Morgan fingerprint density at radius 2 is 1.06 bits per heavy atom. The molecule has 0 amide bonds. The molecule has 6 nitrogen and oxygen atoms in total. The van der Waals surface area contributed by atoms with Crippen molar-refractivity contribution in [3.05, 3.63) is 0 Å². The maximum Gasteiger partial charge on any atom is 0.419 e. The normalized spacial score (nSPS) is 18.5. The Kier molecular flexibility index (Phi) is 15.0. The molecule has 0 saturated carbocycles. The van der Waals surface area contributed by atoms with Crippen molar-refractivity contribution in [1.29, 1.82) is 0 Å². The lowest BCUT2D eigenvalue weighted by atomic mass is 10.3. The van der Waals surface area contributed by atoms with E-state index in [0.29, 0.717) is 38.8 Å². The second-order valence-electron chi connectivity index (χ2n) is 8.61. The molecule has 0 aliphatic carbocycles. The van der Waals surface area contributed by atoms with Crippen LogP contribution < -0.4 is 0 Å². The van der Waals surface area contributed by atoms with E-state index in [4.69, 9.17) is 9.47 Å². The van der Waals surface area contributed by atoms with Gasteiger partial charge in [-0.3, -0.25) is 9.80 Å². The smallest absolute Gasteiger partial charge is 0.419 e. The zero-order chi connectivity index (χ0) is 26.3. The molecule has 0 aromatic heterocycles. The molecule has 0 spiro atoms. The highest BCUT2D eigenvalue weighted by molar-refractivity contribution is 8.19. The molecule has 10 heteroatoms. The van der Waals surface area contributed by atoms with Crippen LogP contribution in [0.5, 0.6) is 0 Å². The number of thioether (sulfide) groups is 4. The van der Waals surface area contributed by atoms with E-state index in [1.165, 1.54) is 0 Å². The molecule has 2 rings (SSSR count). The third-order valence-electron chi connectivity index (χ3n) is 5.67. The minimum absolute atomic E-state index is 0.584. The van der Waals surface area contributed by atoms with Gasteiger partial charge in [0.1, 0.15) is 0 Å². The fourth-order valence-electron chi connectivity index (χ4n) is 3.20. The summed E-state index contributed by atoms with van der Waals surface area (Å²) in [6.07, 6.45) is 4.50. The van der Waals surface area contributed by atoms with E-state index in [0.717, 1.165) is 48.9 Å². The van der Waals surface area contributed by atoms with Gasteiger partial charge in [0.25, 0.3) is 0 Å². The van der Waals surface area contributed by atoms with Crippen molar-refractivity contribution in [2.75, 3.05) is 63.3 Å². The fraction of sp³-hybridized carbons (Fsp3) is 0.769. The summed E-state index contributed by atoms with van der Waals surface area (Å²) in [5.41, 5.74) is 0. The third-order valence-corrected chi connectivity index (χ3v) is 12.0. The van der Waals surface area contributed by atoms with E-state index in [1.807, 2.05) is 14.1 Å². The topological polar surface area (TPSA) is 59.1 Å². The Hall–Kier alpha value is -0.620. The van der Waals surface area contributed by atoms with Gasteiger partial charge in [0.2, 0.25) is 8.53 Å². The molecule has 0 bridgehead atoms. The van der Waals surface area contributed by atoms with Crippen LogP contribution in [0.1, 0.15) is 52.4 Å². The molecular formula is C26H40N2O4S4. The SMILES string of the molecule is CCN(C)CC#CCCC1(OC(=O)C(=O)OC2(CCC#CCN(C)CC)SCCCS2)SCCCS1. The molecule has 0 N–H and O–H groups in total. The minimum atomic E-state index is -0.905. The van der Waals surface area contributed by atoms with Gasteiger partial charge in [-0.15, -0.1) is 58.9 Å². The quantitative estimate of drug-likeness (QED) is 0.211. The zero-order valence-corrected chi connectivity index (χ0v) is 25.3. The van der Waals surface area contributed by atoms with E-state index in [2.05, 4.69) is 47.3 Å². The van der Waals surface area contributed by atoms with Gasteiger partial charge in [-0.05, 0) is 63.0 Å². The van der Waals surface area contributed by atoms with Gasteiger partial charge >= 0.3 is 11.9 Å². The predicted octanol–water partition coefficient (Wildman–Crippen LogP) is 4.59. The van der Waals surface area contributed by atoms with Crippen molar-refractivity contribution >= 4 is 59.0 Å². The molecule has 0 aromatic carbocycles. The number of esters is 2. The molecule has 2 fully saturated rings. The first-order valence-electron chi connectivity index (χ1n) is 12.6. The van der Waals surface area contributed by atoms with Gasteiger partial charge < -0.3 is 9.47 Å². The lowest BCUT2D eigenvalue weighted by Gasteiger charge is -2.36. The average Bonchev–Trinajstić information content (AvgIpc) is 2.89. The molecule has 36 heavy (non-hydrogen) atoms. The largest absolute Gasteiger partial charge is 0.430 e. The highest BCUT2D eigenvalue weighted by Crippen LogP contribution is 2.48. The van der Waals surface area contributed by atoms with Crippen LogP contribution in [0.2, 0.25) is 0 Å². The Morgan fingerprint density at radius 3 is 1.39 bits per heavy atom. The Balaban J connectivity index is 1.96. The summed E-state index contributed by atoms with van der Waals surface area (Å²) >= 11 is 6.38. The summed E-state index contributed by atoms with van der Waals surface area (Å²) in [5.74, 6) is 14.5. The third kappa shape index (κ3) is 11.4. The molecule has 2 saturated heterocycles. The van der Waals surface area contributed by atoms with Crippen LogP contribution in [0.4, 0.5) is 0 Å². The van der Waals surface area contributed by atoms with Crippen molar-refractivity contribution in [1.82, 2.24) is 9.80 Å². The second kappa shape index (κ2) is 17.1. The maximum atomic E-state index is 12.9.